The van der Waals surface area contributed by atoms with Crippen LogP contribution in [0.4, 0.5) is 28.9 Å². The topological polar surface area (TPSA) is 50.1 Å². The predicted molar refractivity (Wildman–Crippen MR) is 97.2 cm³/mol. The summed E-state index contributed by atoms with van der Waals surface area (Å²) in [6, 6.07) is 9.32. The Labute approximate surface area is 152 Å². The first kappa shape index (κ1) is 19.3. The Morgan fingerprint density at radius 2 is 1.80 bits per heavy atom. The van der Waals surface area contributed by atoms with E-state index in [1.165, 1.54) is 0 Å². The zero-order valence-corrected chi connectivity index (χ0v) is 14.5. The fourth-order valence-electron chi connectivity index (χ4n) is 1.86. The number of alkyl halides is 3. The van der Waals surface area contributed by atoms with Crippen LogP contribution in [0.2, 0.25) is 0 Å². The van der Waals surface area contributed by atoms with E-state index in [2.05, 4.69) is 10.6 Å². The zero-order valence-electron chi connectivity index (χ0n) is 12.9. The third-order valence-electron chi connectivity index (χ3n) is 3.07. The van der Waals surface area contributed by atoms with Crippen LogP contribution in [-0.4, -0.2) is 17.4 Å². The number of nitrogens with one attached hydrogen (secondary N) is 2. The SMILES string of the molecule is Nc1ccc(NC(=S)NCCSc2cc(C(F)(F)F)ccc2F)cc1. The van der Waals surface area contributed by atoms with Crippen LogP contribution in [0.1, 0.15) is 5.56 Å². The van der Waals surface area contributed by atoms with Crippen molar-refractivity contribution in [3.63, 3.8) is 0 Å². The van der Waals surface area contributed by atoms with Crippen LogP contribution in [0.15, 0.2) is 47.4 Å². The van der Waals surface area contributed by atoms with Gasteiger partial charge in [-0.05, 0) is 54.7 Å². The number of nitrogens with two attached hydrogens (primary N) is 1. The molecule has 0 bridgehead atoms. The van der Waals surface area contributed by atoms with Crippen molar-refractivity contribution < 1.29 is 17.6 Å². The van der Waals surface area contributed by atoms with Crippen molar-refractivity contribution >= 4 is 40.5 Å². The van der Waals surface area contributed by atoms with Crippen LogP contribution >= 0.6 is 24.0 Å². The molecule has 0 radical (unpaired) electrons. The Morgan fingerprint density at radius 3 is 2.44 bits per heavy atom. The molecule has 0 atom stereocenters. The lowest BCUT2D eigenvalue weighted by Gasteiger charge is -2.12. The highest BCUT2D eigenvalue weighted by atomic mass is 32.2. The van der Waals surface area contributed by atoms with Gasteiger partial charge in [0.15, 0.2) is 5.11 Å². The molecule has 25 heavy (non-hydrogen) atoms. The molecule has 2 aromatic carbocycles. The number of thioether (sulfide) groups is 1. The van der Waals surface area contributed by atoms with Crippen LogP contribution in [0, 0.1) is 5.82 Å². The number of halogens is 4. The van der Waals surface area contributed by atoms with Crippen molar-refractivity contribution in [2.45, 2.75) is 11.1 Å². The lowest BCUT2D eigenvalue weighted by Crippen LogP contribution is -2.30. The minimum absolute atomic E-state index is 0.0472. The molecule has 9 heteroatoms. The van der Waals surface area contributed by atoms with Crippen LogP contribution < -0.4 is 16.4 Å². The molecule has 0 saturated heterocycles. The second-order valence-corrected chi connectivity index (χ2v) is 6.54. The maximum absolute atomic E-state index is 13.6. The molecule has 0 fully saturated rings. The molecule has 4 N–H and O–H groups in total. The fourth-order valence-corrected chi connectivity index (χ4v) is 2.92. The molecule has 0 aliphatic rings. The van der Waals surface area contributed by atoms with Gasteiger partial charge >= 0.3 is 6.18 Å². The van der Waals surface area contributed by atoms with E-state index in [9.17, 15) is 17.6 Å². The van der Waals surface area contributed by atoms with Gasteiger partial charge in [-0.15, -0.1) is 11.8 Å². The Morgan fingerprint density at radius 1 is 1.12 bits per heavy atom. The van der Waals surface area contributed by atoms with Crippen LogP contribution in [0.5, 0.6) is 0 Å². The maximum atomic E-state index is 13.6. The summed E-state index contributed by atoms with van der Waals surface area (Å²) in [5, 5.41) is 6.20. The number of hydrogen-bond donors (Lipinski definition) is 3. The number of rotatable bonds is 5. The van der Waals surface area contributed by atoms with Gasteiger partial charge in [0.25, 0.3) is 0 Å². The molecule has 2 aromatic rings. The summed E-state index contributed by atoms with van der Waals surface area (Å²) in [4.78, 5) is -0.0472. The first-order valence-electron chi connectivity index (χ1n) is 7.15. The van der Waals surface area contributed by atoms with Crippen molar-refractivity contribution in [1.29, 1.82) is 0 Å². The molecule has 0 aliphatic carbocycles. The van der Waals surface area contributed by atoms with Gasteiger partial charge in [0.05, 0.1) is 5.56 Å². The quantitative estimate of drug-likeness (QED) is 0.231. The lowest BCUT2D eigenvalue weighted by molar-refractivity contribution is -0.137. The van der Waals surface area contributed by atoms with E-state index in [-0.39, 0.29) is 4.90 Å². The Kier molecular flexibility index (Phi) is 6.49. The summed E-state index contributed by atoms with van der Waals surface area (Å²) in [5.74, 6) is -0.331. The number of thiocarbonyl (C=S) groups is 1. The summed E-state index contributed by atoms with van der Waals surface area (Å²) in [6.07, 6.45) is -4.49. The number of hydrogen-bond acceptors (Lipinski definition) is 3. The van der Waals surface area contributed by atoms with Crippen molar-refractivity contribution in [3.8, 4) is 0 Å². The van der Waals surface area contributed by atoms with E-state index in [1.807, 2.05) is 0 Å². The zero-order chi connectivity index (χ0) is 18.4. The highest BCUT2D eigenvalue weighted by molar-refractivity contribution is 7.99. The molecule has 0 unspecified atom stereocenters. The summed E-state index contributed by atoms with van der Waals surface area (Å²) >= 11 is 6.09. The normalized spacial score (nSPS) is 11.2. The van der Waals surface area contributed by atoms with Crippen molar-refractivity contribution in [2.75, 3.05) is 23.3 Å². The number of benzene rings is 2. The summed E-state index contributed by atoms with van der Waals surface area (Å²) in [6.45, 7) is 0.362. The standard InChI is InChI=1S/C16H15F4N3S2/c17-13-6-1-10(16(18,19)20)9-14(13)25-8-7-22-15(24)23-12-4-2-11(21)3-5-12/h1-6,9H,7-8,21H2,(H2,22,23,24). The Bertz CT molecular complexity index is 733. The van der Waals surface area contributed by atoms with Crippen LogP contribution in [0.3, 0.4) is 0 Å². The van der Waals surface area contributed by atoms with Crippen molar-refractivity contribution in [3.05, 3.63) is 53.8 Å². The van der Waals surface area contributed by atoms with Crippen molar-refractivity contribution in [1.82, 2.24) is 5.32 Å². The minimum Gasteiger partial charge on any atom is -0.399 e. The molecule has 0 aromatic heterocycles. The van der Waals surface area contributed by atoms with Gasteiger partial charge < -0.3 is 16.4 Å². The summed E-state index contributed by atoms with van der Waals surface area (Å²) in [5.41, 5.74) is 6.09. The second-order valence-electron chi connectivity index (χ2n) is 4.99. The highest BCUT2D eigenvalue weighted by Gasteiger charge is 2.31. The summed E-state index contributed by atoms with van der Waals surface area (Å²) in [7, 11) is 0. The summed E-state index contributed by atoms with van der Waals surface area (Å²) < 4.78 is 51.6. The van der Waals surface area contributed by atoms with Gasteiger partial charge in [0.2, 0.25) is 0 Å². The molecule has 0 aliphatic heterocycles. The van der Waals surface area contributed by atoms with Crippen LogP contribution in [0.25, 0.3) is 0 Å². The first-order chi connectivity index (χ1) is 11.8. The van der Waals surface area contributed by atoms with Gasteiger partial charge in [0, 0.05) is 28.6 Å². The minimum atomic E-state index is -4.49. The largest absolute Gasteiger partial charge is 0.416 e. The highest BCUT2D eigenvalue weighted by Crippen LogP contribution is 2.33. The van der Waals surface area contributed by atoms with E-state index in [0.717, 1.165) is 35.6 Å². The van der Waals surface area contributed by atoms with Crippen LogP contribution in [-0.2, 0) is 6.18 Å². The monoisotopic (exact) mass is 389 g/mol. The number of anilines is 2. The molecule has 3 nitrogen and oxygen atoms in total. The average molecular weight is 389 g/mol. The van der Waals surface area contributed by atoms with Crippen molar-refractivity contribution in [2.24, 2.45) is 0 Å². The van der Waals surface area contributed by atoms with Gasteiger partial charge in [0.1, 0.15) is 5.82 Å². The third kappa shape index (κ3) is 6.09. The Hall–Kier alpha value is -2.00. The molecule has 0 amide bonds. The molecule has 134 valence electrons. The number of nitrogen functional groups attached to an aromatic ring is 1. The van der Waals surface area contributed by atoms with E-state index in [0.29, 0.717) is 23.1 Å². The smallest absolute Gasteiger partial charge is 0.399 e. The first-order valence-corrected chi connectivity index (χ1v) is 8.55. The molecule has 0 heterocycles. The van der Waals surface area contributed by atoms with Gasteiger partial charge in [-0.3, -0.25) is 0 Å². The third-order valence-corrected chi connectivity index (χ3v) is 4.35. The fraction of sp³-hybridized carbons (Fsp3) is 0.188. The van der Waals surface area contributed by atoms with E-state index >= 15 is 0 Å². The average Bonchev–Trinajstić information content (AvgIpc) is 2.54. The molecular formula is C16H15F4N3S2. The Balaban J connectivity index is 1.81. The van der Waals surface area contributed by atoms with E-state index in [1.54, 1.807) is 24.3 Å². The van der Waals surface area contributed by atoms with Gasteiger partial charge in [-0.25, -0.2) is 4.39 Å². The van der Waals surface area contributed by atoms with Gasteiger partial charge in [-0.2, -0.15) is 13.2 Å². The van der Waals surface area contributed by atoms with E-state index in [4.69, 9.17) is 18.0 Å². The van der Waals surface area contributed by atoms with Gasteiger partial charge in [-0.1, -0.05) is 0 Å². The predicted octanol–water partition coefficient (Wildman–Crippen LogP) is 4.51. The second kappa shape index (κ2) is 8.39. The maximum Gasteiger partial charge on any atom is 0.416 e. The lowest BCUT2D eigenvalue weighted by atomic mass is 10.2. The molecule has 0 spiro atoms. The van der Waals surface area contributed by atoms with E-state index < -0.39 is 17.6 Å². The molecule has 0 saturated carbocycles. The molecule has 2 rings (SSSR count). The molecular weight excluding hydrogens is 374 g/mol.